The highest BCUT2D eigenvalue weighted by Gasteiger charge is 2.21. The molecule has 1 nitrogen and oxygen atoms in total. The van der Waals surface area contributed by atoms with Gasteiger partial charge >= 0.3 is 0 Å². The van der Waals surface area contributed by atoms with Gasteiger partial charge in [-0.25, -0.2) is 0 Å². The van der Waals surface area contributed by atoms with Crippen LogP contribution in [0.2, 0.25) is 0 Å². The zero-order valence-electron chi connectivity index (χ0n) is 11.8. The molecule has 0 bridgehead atoms. The van der Waals surface area contributed by atoms with Crippen LogP contribution in [-0.2, 0) is 0 Å². The smallest absolute Gasteiger partial charge is 0.0395 e. The van der Waals surface area contributed by atoms with Crippen LogP contribution in [0, 0.1) is 6.92 Å². The first kappa shape index (κ1) is 13.7. The molecule has 0 radical (unpaired) electrons. The first-order chi connectivity index (χ1) is 9.74. The molecular weight excluding hydrogens is 310 g/mol. The van der Waals surface area contributed by atoms with E-state index in [1.54, 1.807) is 0 Å². The largest absolute Gasteiger partial charge is 0.371 e. The fraction of sp³-hybridized carbons (Fsp3) is 0.333. The van der Waals surface area contributed by atoms with E-state index in [-0.39, 0.29) is 0 Å². The topological polar surface area (TPSA) is 3.24 Å². The molecule has 0 spiro atoms. The van der Waals surface area contributed by atoms with E-state index >= 15 is 0 Å². The number of para-hydroxylation sites is 1. The van der Waals surface area contributed by atoms with Crippen molar-refractivity contribution >= 4 is 21.6 Å². The van der Waals surface area contributed by atoms with E-state index in [1.807, 2.05) is 0 Å². The molecule has 0 aromatic heterocycles. The number of benzene rings is 2. The summed E-state index contributed by atoms with van der Waals surface area (Å²) >= 11 is 3.58. The van der Waals surface area contributed by atoms with Crippen LogP contribution in [0.25, 0.3) is 0 Å². The Kier molecular flexibility index (Phi) is 4.11. The van der Waals surface area contributed by atoms with Gasteiger partial charge in [0, 0.05) is 23.2 Å². The third-order valence-electron chi connectivity index (χ3n) is 4.27. The molecular formula is C18H20BrN. The van der Waals surface area contributed by atoms with E-state index in [1.165, 1.54) is 34.1 Å². The molecule has 0 saturated carbocycles. The van der Waals surface area contributed by atoms with E-state index in [9.17, 15) is 0 Å². The number of hydrogen-bond acceptors (Lipinski definition) is 1. The van der Waals surface area contributed by atoms with Gasteiger partial charge in [-0.1, -0.05) is 46.3 Å². The SMILES string of the molecule is Cc1ccccc1N1CCC(c2cccc(Br)c2)CC1. The molecule has 2 aromatic carbocycles. The van der Waals surface area contributed by atoms with Crippen LogP contribution in [-0.4, -0.2) is 13.1 Å². The number of anilines is 1. The number of rotatable bonds is 2. The van der Waals surface area contributed by atoms with Crippen molar-refractivity contribution in [2.45, 2.75) is 25.7 Å². The van der Waals surface area contributed by atoms with Gasteiger partial charge in [-0.05, 0) is 55.0 Å². The Hall–Kier alpha value is -1.28. The summed E-state index contributed by atoms with van der Waals surface area (Å²) in [6, 6.07) is 17.5. The van der Waals surface area contributed by atoms with Gasteiger partial charge in [0.25, 0.3) is 0 Å². The maximum atomic E-state index is 3.58. The van der Waals surface area contributed by atoms with Crippen molar-refractivity contribution in [1.29, 1.82) is 0 Å². The molecule has 2 heteroatoms. The lowest BCUT2D eigenvalue weighted by Crippen LogP contribution is -2.33. The number of piperidine rings is 1. The van der Waals surface area contributed by atoms with Crippen LogP contribution in [0.5, 0.6) is 0 Å². The monoisotopic (exact) mass is 329 g/mol. The maximum Gasteiger partial charge on any atom is 0.0395 e. The van der Waals surface area contributed by atoms with Gasteiger partial charge in [0.05, 0.1) is 0 Å². The molecule has 1 saturated heterocycles. The van der Waals surface area contributed by atoms with E-state index in [0.29, 0.717) is 5.92 Å². The predicted molar refractivity (Wildman–Crippen MR) is 89.5 cm³/mol. The number of hydrogen-bond donors (Lipinski definition) is 0. The minimum Gasteiger partial charge on any atom is -0.371 e. The van der Waals surface area contributed by atoms with Gasteiger partial charge < -0.3 is 4.90 Å². The van der Waals surface area contributed by atoms with Crippen LogP contribution >= 0.6 is 15.9 Å². The Morgan fingerprint density at radius 1 is 1.00 bits per heavy atom. The van der Waals surface area contributed by atoms with Crippen LogP contribution in [0.1, 0.15) is 29.9 Å². The minimum atomic E-state index is 0.702. The first-order valence-corrected chi connectivity index (χ1v) is 8.09. The van der Waals surface area contributed by atoms with Gasteiger partial charge in [0.1, 0.15) is 0 Å². The molecule has 1 heterocycles. The summed E-state index contributed by atoms with van der Waals surface area (Å²) in [5, 5.41) is 0. The van der Waals surface area contributed by atoms with Gasteiger partial charge in [-0.3, -0.25) is 0 Å². The first-order valence-electron chi connectivity index (χ1n) is 7.30. The van der Waals surface area contributed by atoms with E-state index in [4.69, 9.17) is 0 Å². The average molecular weight is 330 g/mol. The molecule has 0 amide bonds. The predicted octanol–water partition coefficient (Wildman–Crippen LogP) is 5.14. The number of halogens is 1. The van der Waals surface area contributed by atoms with E-state index < -0.39 is 0 Å². The van der Waals surface area contributed by atoms with Crippen molar-refractivity contribution in [1.82, 2.24) is 0 Å². The highest BCUT2D eigenvalue weighted by molar-refractivity contribution is 9.10. The van der Waals surface area contributed by atoms with Gasteiger partial charge in [-0.2, -0.15) is 0 Å². The zero-order chi connectivity index (χ0) is 13.9. The van der Waals surface area contributed by atoms with Gasteiger partial charge in [0.2, 0.25) is 0 Å². The Morgan fingerprint density at radius 2 is 1.75 bits per heavy atom. The molecule has 1 fully saturated rings. The fourth-order valence-electron chi connectivity index (χ4n) is 3.13. The van der Waals surface area contributed by atoms with Crippen LogP contribution < -0.4 is 4.90 Å². The summed E-state index contributed by atoms with van der Waals surface area (Å²) in [5.41, 5.74) is 4.26. The summed E-state index contributed by atoms with van der Waals surface area (Å²) in [7, 11) is 0. The Balaban J connectivity index is 1.70. The molecule has 1 aliphatic rings. The summed E-state index contributed by atoms with van der Waals surface area (Å²) in [6.07, 6.45) is 2.48. The molecule has 20 heavy (non-hydrogen) atoms. The summed E-state index contributed by atoms with van der Waals surface area (Å²) in [4.78, 5) is 2.53. The highest BCUT2D eigenvalue weighted by atomic mass is 79.9. The van der Waals surface area contributed by atoms with Crippen molar-refractivity contribution in [3.8, 4) is 0 Å². The normalized spacial score (nSPS) is 16.4. The second kappa shape index (κ2) is 6.01. The van der Waals surface area contributed by atoms with E-state index in [2.05, 4.69) is 76.3 Å². The Morgan fingerprint density at radius 3 is 2.45 bits per heavy atom. The molecule has 0 N–H and O–H groups in total. The van der Waals surface area contributed by atoms with Gasteiger partial charge in [0.15, 0.2) is 0 Å². The van der Waals surface area contributed by atoms with Crippen molar-refractivity contribution in [3.63, 3.8) is 0 Å². The quantitative estimate of drug-likeness (QED) is 0.737. The van der Waals surface area contributed by atoms with Crippen LogP contribution in [0.4, 0.5) is 5.69 Å². The minimum absolute atomic E-state index is 0.702. The van der Waals surface area contributed by atoms with E-state index in [0.717, 1.165) is 13.1 Å². The standard InChI is InChI=1S/C18H20BrN/c1-14-5-2-3-8-18(14)20-11-9-15(10-12-20)16-6-4-7-17(19)13-16/h2-8,13,15H,9-12H2,1H3. The molecule has 104 valence electrons. The fourth-order valence-corrected chi connectivity index (χ4v) is 3.55. The number of nitrogens with zero attached hydrogens (tertiary/aromatic N) is 1. The zero-order valence-corrected chi connectivity index (χ0v) is 13.4. The molecule has 3 rings (SSSR count). The highest BCUT2D eigenvalue weighted by Crippen LogP contribution is 2.32. The second-order valence-electron chi connectivity index (χ2n) is 5.60. The molecule has 2 aromatic rings. The number of aryl methyl sites for hydroxylation is 1. The lowest BCUT2D eigenvalue weighted by atomic mass is 9.89. The third-order valence-corrected chi connectivity index (χ3v) is 4.76. The second-order valence-corrected chi connectivity index (χ2v) is 6.52. The van der Waals surface area contributed by atoms with Crippen molar-refractivity contribution < 1.29 is 0 Å². The average Bonchev–Trinajstić information content (AvgIpc) is 2.48. The van der Waals surface area contributed by atoms with Crippen LogP contribution in [0.3, 0.4) is 0 Å². The maximum absolute atomic E-state index is 3.58. The molecule has 0 aliphatic carbocycles. The summed E-state index contributed by atoms with van der Waals surface area (Å²) < 4.78 is 1.19. The lowest BCUT2D eigenvalue weighted by Gasteiger charge is -2.34. The Bertz CT molecular complexity index is 585. The molecule has 0 atom stereocenters. The molecule has 1 aliphatic heterocycles. The van der Waals surface area contributed by atoms with Crippen molar-refractivity contribution in [3.05, 3.63) is 64.1 Å². The van der Waals surface area contributed by atoms with Crippen LogP contribution in [0.15, 0.2) is 53.0 Å². The van der Waals surface area contributed by atoms with Crippen molar-refractivity contribution in [2.24, 2.45) is 0 Å². The summed E-state index contributed by atoms with van der Waals surface area (Å²) in [6.45, 7) is 4.51. The summed E-state index contributed by atoms with van der Waals surface area (Å²) in [5.74, 6) is 0.702. The molecule has 0 unspecified atom stereocenters. The lowest BCUT2D eigenvalue weighted by molar-refractivity contribution is 0.505. The third kappa shape index (κ3) is 2.90. The van der Waals surface area contributed by atoms with Gasteiger partial charge in [-0.15, -0.1) is 0 Å². The van der Waals surface area contributed by atoms with Crippen molar-refractivity contribution in [2.75, 3.05) is 18.0 Å². The Labute approximate surface area is 129 Å².